The molecule has 0 aliphatic carbocycles. The van der Waals surface area contributed by atoms with E-state index in [0.717, 1.165) is 11.5 Å². The average molecular weight is 614 g/mol. The van der Waals surface area contributed by atoms with Gasteiger partial charge in [-0.25, -0.2) is 0 Å². The molecule has 7 heteroatoms. The van der Waals surface area contributed by atoms with Crippen molar-refractivity contribution in [2.24, 2.45) is 0 Å². The van der Waals surface area contributed by atoms with Crippen molar-refractivity contribution < 1.29 is 18.9 Å². The molecule has 0 radical (unpaired) electrons. The summed E-state index contributed by atoms with van der Waals surface area (Å²) in [6.07, 6.45) is 0. The van der Waals surface area contributed by atoms with Gasteiger partial charge in [-0.2, -0.15) is 0 Å². The van der Waals surface area contributed by atoms with Gasteiger partial charge in [-0.1, -0.05) is 41.7 Å². The highest BCUT2D eigenvalue weighted by atomic mass is 32.2. The maximum Gasteiger partial charge on any atom is 0.189 e. The molecule has 0 aromatic heterocycles. The maximum absolute atomic E-state index is 5.70. The van der Waals surface area contributed by atoms with Crippen LogP contribution in [0.25, 0.3) is 0 Å². The summed E-state index contributed by atoms with van der Waals surface area (Å²) in [7, 11) is 1.31. The van der Waals surface area contributed by atoms with Crippen LogP contribution in [0.5, 0.6) is 11.5 Å². The van der Waals surface area contributed by atoms with Crippen LogP contribution in [0, 0.1) is 0 Å². The average Bonchev–Trinajstić information content (AvgIpc) is 3.04. The van der Waals surface area contributed by atoms with Crippen molar-refractivity contribution >= 4 is 34.4 Å². The Kier molecular flexibility index (Phi) is 11.3. The van der Waals surface area contributed by atoms with Gasteiger partial charge < -0.3 is 18.9 Å². The third-order valence-electron chi connectivity index (χ3n) is 6.07. The molecule has 0 fully saturated rings. The Balaban J connectivity index is 1.33. The Labute approximate surface area is 259 Å². The van der Waals surface area contributed by atoms with Gasteiger partial charge in [-0.05, 0) is 116 Å². The van der Waals surface area contributed by atoms with Crippen LogP contribution in [0.2, 0.25) is 0 Å². The van der Waals surface area contributed by atoms with E-state index >= 15 is 0 Å². The molecule has 0 saturated heterocycles. The zero-order chi connectivity index (χ0) is 29.0. The third kappa shape index (κ3) is 8.60. The number of hydrogen-bond acceptors (Lipinski definition) is 6. The minimum atomic E-state index is -0.307. The van der Waals surface area contributed by atoms with E-state index in [9.17, 15) is 0 Å². The van der Waals surface area contributed by atoms with Crippen LogP contribution < -0.4 is 9.47 Å². The van der Waals surface area contributed by atoms with Crippen molar-refractivity contribution in [2.45, 2.75) is 41.2 Å². The minimum absolute atomic E-state index is 0.224. The predicted octanol–water partition coefficient (Wildman–Crippen LogP) is 9.44. The van der Waals surface area contributed by atoms with Crippen molar-refractivity contribution in [1.82, 2.24) is 0 Å². The Morgan fingerprint density at radius 1 is 0.500 bits per heavy atom. The summed E-state index contributed by atoms with van der Waals surface area (Å²) >= 11 is 3.55. The molecule has 0 heterocycles. The first-order chi connectivity index (χ1) is 20.7. The fourth-order valence-corrected chi connectivity index (χ4v) is 7.75. The van der Waals surface area contributed by atoms with Gasteiger partial charge in [0.05, 0.1) is 10.9 Å². The Morgan fingerprint density at radius 2 is 0.905 bits per heavy atom. The van der Waals surface area contributed by atoms with Crippen LogP contribution in [0.1, 0.15) is 6.92 Å². The van der Waals surface area contributed by atoms with Crippen molar-refractivity contribution in [2.75, 3.05) is 27.3 Å². The lowest BCUT2D eigenvalue weighted by molar-refractivity contribution is 0.0224. The second kappa shape index (κ2) is 15.8. The van der Waals surface area contributed by atoms with Crippen LogP contribution in [0.15, 0.2) is 162 Å². The first-order valence-electron chi connectivity index (χ1n) is 13.6. The topological polar surface area (TPSA) is 36.9 Å². The van der Waals surface area contributed by atoms with E-state index in [2.05, 4.69) is 97.1 Å². The van der Waals surface area contributed by atoms with Gasteiger partial charge in [0.25, 0.3) is 0 Å². The molecule has 0 bridgehead atoms. The van der Waals surface area contributed by atoms with E-state index in [-0.39, 0.29) is 24.5 Å². The molecule has 5 aromatic rings. The van der Waals surface area contributed by atoms with Crippen molar-refractivity contribution in [3.8, 4) is 11.5 Å². The van der Waals surface area contributed by atoms with Gasteiger partial charge in [-0.3, -0.25) is 0 Å². The van der Waals surface area contributed by atoms with Crippen molar-refractivity contribution in [3.63, 3.8) is 0 Å². The predicted molar refractivity (Wildman–Crippen MR) is 172 cm³/mol. The second-order valence-electron chi connectivity index (χ2n) is 9.01. The number of rotatable bonds is 14. The van der Waals surface area contributed by atoms with Gasteiger partial charge in [0.2, 0.25) is 0 Å². The van der Waals surface area contributed by atoms with Crippen LogP contribution >= 0.6 is 23.5 Å². The second-order valence-corrected chi connectivity index (χ2v) is 13.3. The number of hydrogen-bond donors (Lipinski definition) is 0. The summed E-state index contributed by atoms with van der Waals surface area (Å²) in [6.45, 7) is 3.05. The Morgan fingerprint density at radius 3 is 1.36 bits per heavy atom. The summed E-state index contributed by atoms with van der Waals surface area (Å²) in [4.78, 5) is 8.54. The maximum atomic E-state index is 5.70. The first kappa shape index (κ1) is 30.1. The smallest absolute Gasteiger partial charge is 0.189 e. The SMILES string of the molecule is CCOCOc1ccc([S+](c2ccc(OCOC)cc2)c2ccc(Sc3ccc(Sc4ccccc4)cc3)cc2)cc1. The number of methoxy groups -OCH3 is 1. The summed E-state index contributed by atoms with van der Waals surface area (Å²) in [5.41, 5.74) is 0. The molecule has 5 rings (SSSR count). The highest BCUT2D eigenvalue weighted by Gasteiger charge is 2.29. The van der Waals surface area contributed by atoms with Gasteiger partial charge in [0.15, 0.2) is 28.3 Å². The molecule has 0 N–H and O–H groups in total. The molecule has 0 amide bonds. The molecule has 0 spiro atoms. The van der Waals surface area contributed by atoms with E-state index in [1.807, 2.05) is 37.3 Å². The monoisotopic (exact) mass is 613 g/mol. The third-order valence-corrected chi connectivity index (χ3v) is 10.3. The van der Waals surface area contributed by atoms with Crippen LogP contribution in [0.4, 0.5) is 0 Å². The number of ether oxygens (including phenoxy) is 4. The normalized spacial score (nSPS) is 11.7. The summed E-state index contributed by atoms with van der Waals surface area (Å²) in [6, 6.07) is 44.7. The van der Waals surface area contributed by atoms with E-state index in [0.29, 0.717) is 6.61 Å². The van der Waals surface area contributed by atoms with Gasteiger partial charge >= 0.3 is 0 Å². The van der Waals surface area contributed by atoms with E-state index in [1.165, 1.54) is 34.3 Å². The van der Waals surface area contributed by atoms with Crippen molar-refractivity contribution in [3.05, 3.63) is 127 Å². The molecule has 214 valence electrons. The highest BCUT2D eigenvalue weighted by molar-refractivity contribution is 8.00. The zero-order valence-corrected chi connectivity index (χ0v) is 26.1. The largest absolute Gasteiger partial charge is 0.468 e. The van der Waals surface area contributed by atoms with Gasteiger partial charge in [-0.15, -0.1) is 0 Å². The molecule has 0 saturated carbocycles. The lowest BCUT2D eigenvalue weighted by Crippen LogP contribution is -2.06. The van der Waals surface area contributed by atoms with E-state index in [1.54, 1.807) is 30.6 Å². The van der Waals surface area contributed by atoms with Gasteiger partial charge in [0.1, 0.15) is 11.5 Å². The molecule has 0 aliphatic heterocycles. The fourth-order valence-electron chi connectivity index (χ4n) is 4.05. The van der Waals surface area contributed by atoms with Crippen LogP contribution in [0.3, 0.4) is 0 Å². The lowest BCUT2D eigenvalue weighted by atomic mass is 10.3. The van der Waals surface area contributed by atoms with Crippen LogP contribution in [-0.2, 0) is 20.4 Å². The Bertz CT molecular complexity index is 1490. The Hall–Kier alpha value is -3.33. The molecule has 1 atom stereocenters. The highest BCUT2D eigenvalue weighted by Crippen LogP contribution is 2.36. The quantitative estimate of drug-likeness (QED) is 0.0706. The summed E-state index contributed by atoms with van der Waals surface area (Å²) in [5.74, 6) is 1.57. The van der Waals surface area contributed by atoms with E-state index in [4.69, 9.17) is 18.9 Å². The molecule has 4 nitrogen and oxygen atoms in total. The van der Waals surface area contributed by atoms with Crippen molar-refractivity contribution in [1.29, 1.82) is 0 Å². The minimum Gasteiger partial charge on any atom is -0.468 e. The van der Waals surface area contributed by atoms with Gasteiger partial charge in [0, 0.05) is 33.3 Å². The fraction of sp³-hybridized carbons (Fsp3) is 0.143. The zero-order valence-electron chi connectivity index (χ0n) is 23.6. The molecular formula is C35H33O4S3+. The molecule has 42 heavy (non-hydrogen) atoms. The molecule has 5 aromatic carbocycles. The first-order valence-corrected chi connectivity index (χ1v) is 16.4. The van der Waals surface area contributed by atoms with Crippen LogP contribution in [-0.4, -0.2) is 27.3 Å². The summed E-state index contributed by atoms with van der Waals surface area (Å²) in [5, 5.41) is 0. The molecule has 1 unspecified atom stereocenters. The summed E-state index contributed by atoms with van der Waals surface area (Å²) < 4.78 is 21.7. The standard InChI is InChI=1S/C35H33O4S3/c1-3-37-26-39-28-11-21-34(22-12-28)42(33-19-9-27(10-20-33)38-25-36-2)35-23-17-32(18-24-35)41-31-15-13-30(14-16-31)40-29-7-5-4-6-8-29/h4-24H,3,25-26H2,1-2H3/q+1. The molecular weight excluding hydrogens is 581 g/mol. The van der Waals surface area contributed by atoms with E-state index < -0.39 is 0 Å². The number of benzene rings is 5. The molecule has 0 aliphatic rings. The lowest BCUT2D eigenvalue weighted by Gasteiger charge is -2.11.